The quantitative estimate of drug-likeness (QED) is 0.747. The summed E-state index contributed by atoms with van der Waals surface area (Å²) < 4.78 is 12.0. The zero-order valence-electron chi connectivity index (χ0n) is 10.7. The third-order valence-electron chi connectivity index (χ3n) is 2.73. The summed E-state index contributed by atoms with van der Waals surface area (Å²) in [6.07, 6.45) is 0. The van der Waals surface area contributed by atoms with Crippen LogP contribution in [0.2, 0.25) is 0 Å². The maximum absolute atomic E-state index is 5.86. The molecular weight excluding hydrogens is 304 g/mol. The van der Waals surface area contributed by atoms with Gasteiger partial charge in [-0.25, -0.2) is 0 Å². The Labute approximate surface area is 121 Å². The predicted molar refractivity (Wildman–Crippen MR) is 81.0 cm³/mol. The van der Waals surface area contributed by atoms with Gasteiger partial charge in [-0.1, -0.05) is 52.8 Å². The first-order chi connectivity index (χ1) is 9.20. The van der Waals surface area contributed by atoms with Crippen LogP contribution in [0.15, 0.2) is 59.6 Å². The molecule has 2 rings (SSSR count). The van der Waals surface area contributed by atoms with E-state index in [0.29, 0.717) is 12.4 Å². The predicted octanol–water partition coefficient (Wildman–Crippen LogP) is 4.65. The van der Waals surface area contributed by atoms with Gasteiger partial charge in [-0.2, -0.15) is 0 Å². The first kappa shape index (κ1) is 13.7. The molecule has 2 aromatic rings. The molecule has 0 saturated carbocycles. The minimum atomic E-state index is 0.515. The standard InChI is InChI=1S/C16H15BrO2/c1-12(18-2)15-9-8-14(17)10-16(15)19-11-13-6-4-3-5-7-13/h3-10H,1,11H2,2H3. The van der Waals surface area contributed by atoms with Crippen molar-refractivity contribution in [3.05, 3.63) is 70.7 Å². The highest BCUT2D eigenvalue weighted by Crippen LogP contribution is 2.29. The lowest BCUT2D eigenvalue weighted by Gasteiger charge is -2.13. The Balaban J connectivity index is 2.19. The van der Waals surface area contributed by atoms with Crippen LogP contribution in [-0.2, 0) is 11.3 Å². The largest absolute Gasteiger partial charge is 0.497 e. The molecule has 0 spiro atoms. The van der Waals surface area contributed by atoms with Crippen LogP contribution in [0, 0.1) is 0 Å². The van der Waals surface area contributed by atoms with E-state index in [1.165, 1.54) is 0 Å². The van der Waals surface area contributed by atoms with E-state index in [4.69, 9.17) is 9.47 Å². The third kappa shape index (κ3) is 3.61. The summed E-state index contributed by atoms with van der Waals surface area (Å²) >= 11 is 3.44. The fourth-order valence-corrected chi connectivity index (χ4v) is 2.03. The molecule has 0 aliphatic carbocycles. The van der Waals surface area contributed by atoms with Gasteiger partial charge < -0.3 is 9.47 Å². The zero-order chi connectivity index (χ0) is 13.7. The molecular formula is C16H15BrO2. The lowest BCUT2D eigenvalue weighted by molar-refractivity contribution is 0.300. The number of benzene rings is 2. The summed E-state index contributed by atoms with van der Waals surface area (Å²) in [6, 6.07) is 15.8. The van der Waals surface area contributed by atoms with Crippen LogP contribution >= 0.6 is 15.9 Å². The van der Waals surface area contributed by atoms with E-state index in [1.807, 2.05) is 48.5 Å². The molecule has 2 aromatic carbocycles. The summed E-state index contributed by atoms with van der Waals surface area (Å²) in [4.78, 5) is 0. The summed E-state index contributed by atoms with van der Waals surface area (Å²) in [6.45, 7) is 4.39. The van der Waals surface area contributed by atoms with Crippen LogP contribution in [0.25, 0.3) is 5.76 Å². The minimum absolute atomic E-state index is 0.515. The van der Waals surface area contributed by atoms with Gasteiger partial charge in [0.2, 0.25) is 0 Å². The van der Waals surface area contributed by atoms with Crippen molar-refractivity contribution >= 4 is 21.7 Å². The van der Waals surface area contributed by atoms with Gasteiger partial charge in [-0.3, -0.25) is 0 Å². The number of halogens is 1. The molecule has 0 N–H and O–H groups in total. The van der Waals surface area contributed by atoms with Crippen molar-refractivity contribution in [3.8, 4) is 5.75 Å². The van der Waals surface area contributed by atoms with Gasteiger partial charge in [0.15, 0.2) is 0 Å². The maximum atomic E-state index is 5.86. The van der Waals surface area contributed by atoms with E-state index in [0.717, 1.165) is 21.3 Å². The normalized spacial score (nSPS) is 10.0. The van der Waals surface area contributed by atoms with Crippen LogP contribution in [0.1, 0.15) is 11.1 Å². The van der Waals surface area contributed by atoms with E-state index in [2.05, 4.69) is 22.5 Å². The molecule has 0 radical (unpaired) electrons. The van der Waals surface area contributed by atoms with Gasteiger partial charge >= 0.3 is 0 Å². The fourth-order valence-electron chi connectivity index (χ4n) is 1.69. The molecule has 0 atom stereocenters. The number of methoxy groups -OCH3 is 1. The smallest absolute Gasteiger partial charge is 0.131 e. The second kappa shape index (κ2) is 6.43. The van der Waals surface area contributed by atoms with Crippen LogP contribution < -0.4 is 4.74 Å². The summed E-state index contributed by atoms with van der Waals surface area (Å²) in [5, 5.41) is 0. The lowest BCUT2D eigenvalue weighted by Crippen LogP contribution is -1.99. The maximum Gasteiger partial charge on any atom is 0.131 e. The highest BCUT2D eigenvalue weighted by atomic mass is 79.9. The SMILES string of the molecule is C=C(OC)c1ccc(Br)cc1OCc1ccccc1. The molecule has 0 aliphatic heterocycles. The van der Waals surface area contributed by atoms with E-state index < -0.39 is 0 Å². The summed E-state index contributed by atoms with van der Waals surface area (Å²) in [5.41, 5.74) is 1.98. The van der Waals surface area contributed by atoms with E-state index in [-0.39, 0.29) is 0 Å². The van der Waals surface area contributed by atoms with Gasteiger partial charge in [0.1, 0.15) is 18.1 Å². The van der Waals surface area contributed by atoms with Crippen LogP contribution in [0.3, 0.4) is 0 Å². The molecule has 3 heteroatoms. The van der Waals surface area contributed by atoms with Gasteiger partial charge in [0, 0.05) is 4.47 Å². The highest BCUT2D eigenvalue weighted by molar-refractivity contribution is 9.10. The highest BCUT2D eigenvalue weighted by Gasteiger charge is 2.08. The minimum Gasteiger partial charge on any atom is -0.497 e. The topological polar surface area (TPSA) is 18.5 Å². The van der Waals surface area contributed by atoms with Crippen molar-refractivity contribution in [2.75, 3.05) is 7.11 Å². The van der Waals surface area contributed by atoms with Crippen molar-refractivity contribution < 1.29 is 9.47 Å². The number of rotatable bonds is 5. The Kier molecular flexibility index (Phi) is 4.63. The molecule has 0 aromatic heterocycles. The van der Waals surface area contributed by atoms with Crippen molar-refractivity contribution in [1.29, 1.82) is 0 Å². The Morgan fingerprint density at radius 2 is 1.89 bits per heavy atom. The molecule has 0 bridgehead atoms. The molecule has 0 aliphatic rings. The van der Waals surface area contributed by atoms with E-state index >= 15 is 0 Å². The van der Waals surface area contributed by atoms with Gasteiger partial charge in [0.25, 0.3) is 0 Å². The monoisotopic (exact) mass is 318 g/mol. The molecule has 2 nitrogen and oxygen atoms in total. The van der Waals surface area contributed by atoms with Crippen LogP contribution in [0.5, 0.6) is 5.75 Å². The summed E-state index contributed by atoms with van der Waals surface area (Å²) in [7, 11) is 1.60. The number of hydrogen-bond donors (Lipinski definition) is 0. The first-order valence-corrected chi connectivity index (χ1v) is 6.69. The van der Waals surface area contributed by atoms with Gasteiger partial charge in [-0.05, 0) is 23.8 Å². The van der Waals surface area contributed by atoms with Crippen LogP contribution in [0.4, 0.5) is 0 Å². The Morgan fingerprint density at radius 3 is 2.58 bits per heavy atom. The molecule has 0 heterocycles. The third-order valence-corrected chi connectivity index (χ3v) is 3.22. The fraction of sp³-hybridized carbons (Fsp3) is 0.125. The average Bonchev–Trinajstić information content (AvgIpc) is 2.45. The van der Waals surface area contributed by atoms with Crippen molar-refractivity contribution in [2.24, 2.45) is 0 Å². The molecule has 0 amide bonds. The van der Waals surface area contributed by atoms with Crippen molar-refractivity contribution in [3.63, 3.8) is 0 Å². The van der Waals surface area contributed by atoms with Crippen molar-refractivity contribution in [1.82, 2.24) is 0 Å². The molecule has 0 saturated heterocycles. The first-order valence-electron chi connectivity index (χ1n) is 5.90. The zero-order valence-corrected chi connectivity index (χ0v) is 12.3. The summed E-state index contributed by atoms with van der Waals surface area (Å²) in [5.74, 6) is 1.35. The number of hydrogen-bond acceptors (Lipinski definition) is 2. The Bertz CT molecular complexity index is 564. The lowest BCUT2D eigenvalue weighted by atomic mass is 10.1. The average molecular weight is 319 g/mol. The molecule has 0 fully saturated rings. The molecule has 98 valence electrons. The Morgan fingerprint density at radius 1 is 1.16 bits per heavy atom. The van der Waals surface area contributed by atoms with Crippen LogP contribution in [-0.4, -0.2) is 7.11 Å². The van der Waals surface area contributed by atoms with E-state index in [1.54, 1.807) is 7.11 Å². The molecule has 19 heavy (non-hydrogen) atoms. The van der Waals surface area contributed by atoms with Gasteiger partial charge in [-0.15, -0.1) is 0 Å². The van der Waals surface area contributed by atoms with Gasteiger partial charge in [0.05, 0.1) is 12.7 Å². The second-order valence-corrected chi connectivity index (χ2v) is 4.96. The number of ether oxygens (including phenoxy) is 2. The second-order valence-electron chi connectivity index (χ2n) is 4.04. The van der Waals surface area contributed by atoms with Crippen molar-refractivity contribution in [2.45, 2.75) is 6.61 Å². The Hall–Kier alpha value is -1.74. The molecule has 0 unspecified atom stereocenters. The van der Waals surface area contributed by atoms with E-state index in [9.17, 15) is 0 Å².